The predicted octanol–water partition coefficient (Wildman–Crippen LogP) is 2.60. The van der Waals surface area contributed by atoms with Gasteiger partial charge in [-0.2, -0.15) is 0 Å². The van der Waals surface area contributed by atoms with Crippen LogP contribution in [0.2, 0.25) is 5.31 Å². The average molecular weight is 268 g/mol. The van der Waals surface area contributed by atoms with E-state index < -0.39 is 0 Å². The first kappa shape index (κ1) is 12.5. The smallest absolute Gasteiger partial charge is 0.131 e. The Labute approximate surface area is 121 Å². The van der Waals surface area contributed by atoms with Gasteiger partial charge in [-0.05, 0) is 73.1 Å². The van der Waals surface area contributed by atoms with Crippen LogP contribution in [0.5, 0.6) is 5.75 Å². The van der Waals surface area contributed by atoms with Crippen LogP contribution < -0.4 is 0 Å². The topological polar surface area (TPSA) is 37.3 Å². The number of hydrogen-bond donors (Lipinski definition) is 1. The highest BCUT2D eigenvalue weighted by atomic mass is 16.3. The summed E-state index contributed by atoms with van der Waals surface area (Å²) in [7, 11) is 2.22. The summed E-state index contributed by atoms with van der Waals surface area (Å²) in [5.41, 5.74) is 2.78. The summed E-state index contributed by atoms with van der Waals surface area (Å²) < 4.78 is 0. The summed E-state index contributed by atoms with van der Waals surface area (Å²) in [5.74, 6) is 2.78. The van der Waals surface area contributed by atoms with Gasteiger partial charge in [-0.3, -0.25) is 4.79 Å². The number of benzene rings is 1. The van der Waals surface area contributed by atoms with E-state index in [1.165, 1.54) is 17.5 Å². The summed E-state index contributed by atoms with van der Waals surface area (Å²) in [6, 6.07) is 5.90. The minimum atomic E-state index is -0.0322. The highest BCUT2D eigenvalue weighted by molar-refractivity contribution is 6.29. The minimum Gasteiger partial charge on any atom is -0.508 e. The summed E-state index contributed by atoms with van der Waals surface area (Å²) >= 11 is 0. The molecule has 0 aromatic heterocycles. The summed E-state index contributed by atoms with van der Waals surface area (Å²) in [4.78, 5) is 12.3. The van der Waals surface area contributed by atoms with Gasteiger partial charge in [-0.15, -0.1) is 0 Å². The predicted molar refractivity (Wildman–Crippen MR) is 80.9 cm³/mol. The van der Waals surface area contributed by atoms with Crippen molar-refractivity contribution in [3.63, 3.8) is 0 Å². The van der Waals surface area contributed by atoms with E-state index in [9.17, 15) is 9.90 Å². The third kappa shape index (κ3) is 1.55. The zero-order valence-corrected chi connectivity index (χ0v) is 12.1. The zero-order valence-electron chi connectivity index (χ0n) is 12.1. The number of aryl methyl sites for hydroxylation is 1. The van der Waals surface area contributed by atoms with Crippen molar-refractivity contribution >= 4 is 13.6 Å². The van der Waals surface area contributed by atoms with Gasteiger partial charge in [0.25, 0.3) is 0 Å². The SMILES string of the molecule is BC12CC[C@@H]3c4ccc(O)cc4CC[C@H]3[C@@H]1CCC2=O. The molecule has 0 spiro atoms. The number of fused-ring (bicyclic) bond motifs is 5. The zero-order chi connectivity index (χ0) is 13.9. The van der Waals surface area contributed by atoms with E-state index in [4.69, 9.17) is 0 Å². The third-order valence-electron chi connectivity index (χ3n) is 6.42. The quantitative estimate of drug-likeness (QED) is 0.734. The van der Waals surface area contributed by atoms with Gasteiger partial charge in [-0.1, -0.05) is 6.07 Å². The van der Waals surface area contributed by atoms with Gasteiger partial charge < -0.3 is 5.11 Å². The van der Waals surface area contributed by atoms with Crippen LogP contribution in [0.25, 0.3) is 0 Å². The lowest BCUT2D eigenvalue weighted by molar-refractivity contribution is -0.121. The van der Waals surface area contributed by atoms with Crippen molar-refractivity contribution in [3.05, 3.63) is 29.3 Å². The standard InChI is InChI=1S/C17H21BO2/c18-17-8-7-13-12-4-2-11(19)9-10(12)1-3-14(13)15(17)5-6-16(17)20/h2,4,9,13-15,19H,1,3,5-8,18H2/t13-,14-,15+,17?/m1/s1. The number of hydrogen-bond acceptors (Lipinski definition) is 2. The molecule has 3 aliphatic rings. The lowest BCUT2D eigenvalue weighted by Gasteiger charge is -2.48. The average Bonchev–Trinajstić information content (AvgIpc) is 2.74. The lowest BCUT2D eigenvalue weighted by Crippen LogP contribution is -2.40. The fourth-order valence-corrected chi connectivity index (χ4v) is 5.34. The van der Waals surface area contributed by atoms with Crippen molar-refractivity contribution in [2.45, 2.75) is 49.8 Å². The molecule has 0 aliphatic heterocycles. The molecule has 104 valence electrons. The van der Waals surface area contributed by atoms with Crippen LogP contribution in [0.15, 0.2) is 18.2 Å². The van der Waals surface area contributed by atoms with E-state index >= 15 is 0 Å². The normalized spacial score (nSPS) is 39.0. The number of aromatic hydroxyl groups is 1. The number of ketones is 1. The fraction of sp³-hybridized carbons (Fsp3) is 0.588. The van der Waals surface area contributed by atoms with Crippen LogP contribution >= 0.6 is 0 Å². The van der Waals surface area contributed by atoms with Crippen LogP contribution in [-0.2, 0) is 11.2 Å². The Hall–Kier alpha value is -1.25. The molecule has 2 nitrogen and oxygen atoms in total. The summed E-state index contributed by atoms with van der Waals surface area (Å²) in [6.07, 6.45) is 6.34. The Morgan fingerprint density at radius 3 is 2.90 bits per heavy atom. The molecule has 0 amide bonds. The first-order chi connectivity index (χ1) is 9.59. The molecule has 20 heavy (non-hydrogen) atoms. The first-order valence-electron chi connectivity index (χ1n) is 7.95. The third-order valence-corrected chi connectivity index (χ3v) is 6.42. The van der Waals surface area contributed by atoms with Crippen LogP contribution in [0, 0.1) is 11.8 Å². The Kier molecular flexibility index (Phi) is 2.58. The Balaban J connectivity index is 1.73. The van der Waals surface area contributed by atoms with E-state index in [0.29, 0.717) is 29.3 Å². The number of rotatable bonds is 0. The lowest BCUT2D eigenvalue weighted by atomic mass is 9.48. The van der Waals surface area contributed by atoms with Crippen molar-refractivity contribution in [2.75, 3.05) is 0 Å². The van der Waals surface area contributed by atoms with E-state index in [-0.39, 0.29) is 5.31 Å². The molecule has 1 unspecified atom stereocenters. The highest BCUT2D eigenvalue weighted by Crippen LogP contribution is 2.62. The van der Waals surface area contributed by atoms with Crippen LogP contribution in [0.1, 0.15) is 49.1 Å². The molecular formula is C17H21BO2. The maximum Gasteiger partial charge on any atom is 0.131 e. The Morgan fingerprint density at radius 1 is 1.20 bits per heavy atom. The van der Waals surface area contributed by atoms with Crippen LogP contribution in [0.3, 0.4) is 0 Å². The number of Topliss-reactive ketones (excluding diaryl/α,β-unsaturated/α-hetero) is 1. The highest BCUT2D eigenvalue weighted by Gasteiger charge is 2.54. The molecular weight excluding hydrogens is 247 g/mol. The largest absolute Gasteiger partial charge is 0.508 e. The monoisotopic (exact) mass is 268 g/mol. The Morgan fingerprint density at radius 2 is 2.05 bits per heavy atom. The van der Waals surface area contributed by atoms with Crippen molar-refractivity contribution < 1.29 is 9.90 Å². The second kappa shape index (κ2) is 4.13. The number of carbonyl (C=O) groups excluding carboxylic acids is 1. The molecule has 4 atom stereocenters. The minimum absolute atomic E-state index is 0.0322. The fourth-order valence-electron chi connectivity index (χ4n) is 5.34. The molecule has 2 fully saturated rings. The van der Waals surface area contributed by atoms with Gasteiger partial charge in [-0.25, -0.2) is 0 Å². The summed E-state index contributed by atoms with van der Waals surface area (Å²) in [6.45, 7) is 0. The van der Waals surface area contributed by atoms with Gasteiger partial charge in [0.15, 0.2) is 0 Å². The van der Waals surface area contributed by atoms with E-state index in [1.54, 1.807) is 0 Å². The second-order valence-corrected chi connectivity index (χ2v) is 7.22. The number of phenolic OH excluding ortho intramolecular Hbond substituents is 1. The maximum absolute atomic E-state index is 12.3. The van der Waals surface area contributed by atoms with Crippen LogP contribution in [0.4, 0.5) is 0 Å². The molecule has 1 aromatic rings. The molecule has 0 radical (unpaired) electrons. The molecule has 3 aliphatic carbocycles. The molecule has 1 aromatic carbocycles. The van der Waals surface area contributed by atoms with Crippen molar-refractivity contribution in [1.82, 2.24) is 0 Å². The summed E-state index contributed by atoms with van der Waals surface area (Å²) in [5, 5.41) is 9.63. The van der Waals surface area contributed by atoms with Crippen molar-refractivity contribution in [1.29, 1.82) is 0 Å². The van der Waals surface area contributed by atoms with Crippen molar-refractivity contribution in [3.8, 4) is 5.75 Å². The van der Waals surface area contributed by atoms with Gasteiger partial charge in [0.2, 0.25) is 0 Å². The molecule has 2 saturated carbocycles. The molecule has 4 rings (SSSR count). The van der Waals surface area contributed by atoms with Crippen molar-refractivity contribution in [2.24, 2.45) is 11.8 Å². The van der Waals surface area contributed by atoms with Gasteiger partial charge in [0.05, 0.1) is 0 Å². The number of phenols is 1. The van der Waals surface area contributed by atoms with E-state index in [2.05, 4.69) is 13.9 Å². The van der Waals surface area contributed by atoms with E-state index in [1.807, 2.05) is 12.1 Å². The molecule has 0 bridgehead atoms. The van der Waals surface area contributed by atoms with Gasteiger partial charge in [0.1, 0.15) is 19.4 Å². The van der Waals surface area contributed by atoms with Gasteiger partial charge in [0, 0.05) is 11.7 Å². The first-order valence-corrected chi connectivity index (χ1v) is 7.95. The number of carbonyl (C=O) groups is 1. The molecule has 3 heteroatoms. The van der Waals surface area contributed by atoms with E-state index in [0.717, 1.165) is 32.1 Å². The molecule has 0 heterocycles. The molecule has 1 N–H and O–H groups in total. The second-order valence-electron chi connectivity index (χ2n) is 7.22. The maximum atomic E-state index is 12.3. The molecule has 0 saturated heterocycles. The van der Waals surface area contributed by atoms with Gasteiger partial charge >= 0.3 is 0 Å². The van der Waals surface area contributed by atoms with Crippen LogP contribution in [-0.4, -0.2) is 18.7 Å². The Bertz CT molecular complexity index is 582.